The Morgan fingerprint density at radius 3 is 2.63 bits per heavy atom. The maximum Gasteiger partial charge on any atom is 0.165 e. The molecule has 3 aromatic heterocycles. The van der Waals surface area contributed by atoms with E-state index >= 15 is 0 Å². The Hall–Kier alpha value is -3.28. The highest BCUT2D eigenvalue weighted by Crippen LogP contribution is 2.29. The molecule has 1 N–H and O–H groups in total. The predicted octanol–water partition coefficient (Wildman–Crippen LogP) is 4.20. The molecule has 4 rings (SSSR count). The molecule has 4 aromatic rings. The molecule has 1 aromatic carbocycles. The van der Waals surface area contributed by atoms with Gasteiger partial charge in [-0.25, -0.2) is 9.37 Å². The summed E-state index contributed by atoms with van der Waals surface area (Å²) in [5, 5.41) is 8.10. The fourth-order valence-electron chi connectivity index (χ4n) is 3.19. The predicted molar refractivity (Wildman–Crippen MR) is 104 cm³/mol. The van der Waals surface area contributed by atoms with Gasteiger partial charge in [-0.05, 0) is 43.7 Å². The van der Waals surface area contributed by atoms with E-state index in [4.69, 9.17) is 0 Å². The van der Waals surface area contributed by atoms with Gasteiger partial charge in [0.25, 0.3) is 0 Å². The first-order valence-corrected chi connectivity index (χ1v) is 8.88. The Bertz CT molecular complexity index is 1070. The van der Waals surface area contributed by atoms with E-state index in [1.54, 1.807) is 18.3 Å². The van der Waals surface area contributed by atoms with E-state index in [9.17, 15) is 4.39 Å². The van der Waals surface area contributed by atoms with Crippen LogP contribution in [0.2, 0.25) is 0 Å². The van der Waals surface area contributed by atoms with Gasteiger partial charge < -0.3 is 5.32 Å². The third kappa shape index (κ3) is 3.51. The van der Waals surface area contributed by atoms with Crippen LogP contribution in [0.5, 0.6) is 0 Å². The summed E-state index contributed by atoms with van der Waals surface area (Å²) < 4.78 is 15.1. The number of fused-ring (bicyclic) bond motifs is 1. The third-order valence-corrected chi connectivity index (χ3v) is 4.44. The summed E-state index contributed by atoms with van der Waals surface area (Å²) in [6.45, 7) is 4.64. The number of hydrogen-bond donors (Lipinski definition) is 1. The number of rotatable bonds is 5. The van der Waals surface area contributed by atoms with Crippen molar-refractivity contribution in [3.05, 3.63) is 77.6 Å². The van der Waals surface area contributed by atoms with Gasteiger partial charge in [-0.1, -0.05) is 18.2 Å². The first-order chi connectivity index (χ1) is 13.1. The molecule has 0 bridgehead atoms. The number of hydrogen-bond acceptors (Lipinski definition) is 4. The summed E-state index contributed by atoms with van der Waals surface area (Å²) in [4.78, 5) is 9.03. The monoisotopic (exact) mass is 361 g/mol. The van der Waals surface area contributed by atoms with Gasteiger partial charge >= 0.3 is 0 Å². The highest BCUT2D eigenvalue weighted by atomic mass is 19.1. The largest absolute Gasteiger partial charge is 0.370 e. The SMILES string of the molecule is Cc1cc(NCCc2ccccn2)n2nc(C)c(-c3ccc(F)cc3)c2n1. The molecule has 0 aliphatic rings. The minimum Gasteiger partial charge on any atom is -0.370 e. The molecule has 136 valence electrons. The second-order valence-corrected chi connectivity index (χ2v) is 6.48. The molecule has 3 heterocycles. The number of benzene rings is 1. The molecule has 6 heteroatoms. The molecule has 27 heavy (non-hydrogen) atoms. The van der Waals surface area contributed by atoms with E-state index in [1.165, 1.54) is 12.1 Å². The van der Waals surface area contributed by atoms with Crippen molar-refractivity contribution >= 4 is 11.5 Å². The Morgan fingerprint density at radius 1 is 1.07 bits per heavy atom. The lowest BCUT2D eigenvalue weighted by Gasteiger charge is -2.09. The van der Waals surface area contributed by atoms with Gasteiger partial charge in [0.1, 0.15) is 11.6 Å². The molecule has 0 atom stereocenters. The summed E-state index contributed by atoms with van der Waals surface area (Å²) in [6.07, 6.45) is 2.62. The second kappa shape index (κ2) is 7.15. The Balaban J connectivity index is 1.68. The highest BCUT2D eigenvalue weighted by Gasteiger charge is 2.16. The van der Waals surface area contributed by atoms with Crippen LogP contribution in [0.15, 0.2) is 54.7 Å². The average Bonchev–Trinajstić information content (AvgIpc) is 2.99. The van der Waals surface area contributed by atoms with Crippen LogP contribution in [-0.2, 0) is 6.42 Å². The van der Waals surface area contributed by atoms with Gasteiger partial charge in [-0.2, -0.15) is 9.61 Å². The molecule has 0 fully saturated rings. The van der Waals surface area contributed by atoms with E-state index in [0.717, 1.165) is 52.6 Å². The lowest BCUT2D eigenvalue weighted by Crippen LogP contribution is -2.10. The van der Waals surface area contributed by atoms with Crippen LogP contribution in [-0.4, -0.2) is 26.1 Å². The Labute approximate surface area is 156 Å². The van der Waals surface area contributed by atoms with Crippen molar-refractivity contribution in [2.75, 3.05) is 11.9 Å². The first kappa shape index (κ1) is 17.1. The summed E-state index contributed by atoms with van der Waals surface area (Å²) in [5.74, 6) is 0.624. The van der Waals surface area contributed by atoms with Gasteiger partial charge in [0.15, 0.2) is 5.65 Å². The second-order valence-electron chi connectivity index (χ2n) is 6.48. The van der Waals surface area contributed by atoms with Gasteiger partial charge in [-0.15, -0.1) is 0 Å². The van der Waals surface area contributed by atoms with E-state index < -0.39 is 0 Å². The molecule has 5 nitrogen and oxygen atoms in total. The molecule has 0 amide bonds. The molecule has 0 unspecified atom stereocenters. The van der Waals surface area contributed by atoms with Crippen LogP contribution in [0.4, 0.5) is 10.2 Å². The fraction of sp³-hybridized carbons (Fsp3) is 0.190. The number of aromatic nitrogens is 4. The number of aryl methyl sites for hydroxylation is 2. The van der Waals surface area contributed by atoms with Crippen molar-refractivity contribution in [2.24, 2.45) is 0 Å². The quantitative estimate of drug-likeness (QED) is 0.579. The fourth-order valence-corrected chi connectivity index (χ4v) is 3.19. The van der Waals surface area contributed by atoms with Gasteiger partial charge in [0, 0.05) is 42.2 Å². The molecule has 0 saturated heterocycles. The van der Waals surface area contributed by atoms with E-state index in [1.807, 2.05) is 42.6 Å². The summed E-state index contributed by atoms with van der Waals surface area (Å²) >= 11 is 0. The van der Waals surface area contributed by atoms with Gasteiger partial charge in [0.05, 0.1) is 5.69 Å². The van der Waals surface area contributed by atoms with Gasteiger partial charge in [0.2, 0.25) is 0 Å². The van der Waals surface area contributed by atoms with Gasteiger partial charge in [-0.3, -0.25) is 4.98 Å². The van der Waals surface area contributed by atoms with Crippen molar-refractivity contribution in [1.82, 2.24) is 19.6 Å². The number of pyridine rings is 1. The summed E-state index contributed by atoms with van der Waals surface area (Å²) in [5.41, 5.74) is 5.38. The van der Waals surface area contributed by atoms with Crippen molar-refractivity contribution < 1.29 is 4.39 Å². The van der Waals surface area contributed by atoms with Crippen molar-refractivity contribution in [1.29, 1.82) is 0 Å². The molecule has 0 aliphatic heterocycles. The number of halogens is 1. The number of nitrogens with zero attached hydrogens (tertiary/aromatic N) is 4. The third-order valence-electron chi connectivity index (χ3n) is 4.44. The molecule has 0 aliphatic carbocycles. The molecular weight excluding hydrogens is 341 g/mol. The summed E-state index contributed by atoms with van der Waals surface area (Å²) in [6, 6.07) is 14.3. The van der Waals surface area contributed by atoms with Crippen LogP contribution in [0.3, 0.4) is 0 Å². The summed E-state index contributed by atoms with van der Waals surface area (Å²) in [7, 11) is 0. The average molecular weight is 361 g/mol. The maximum absolute atomic E-state index is 13.3. The number of anilines is 1. The van der Waals surface area contributed by atoms with E-state index in [-0.39, 0.29) is 5.82 Å². The first-order valence-electron chi connectivity index (χ1n) is 8.88. The molecular formula is C21H20FN5. The molecule has 0 spiro atoms. The smallest absolute Gasteiger partial charge is 0.165 e. The van der Waals surface area contributed by atoms with Crippen LogP contribution < -0.4 is 5.32 Å². The molecule has 0 saturated carbocycles. The van der Waals surface area contributed by atoms with E-state index in [2.05, 4.69) is 20.4 Å². The minimum absolute atomic E-state index is 0.256. The normalized spacial score (nSPS) is 11.1. The lowest BCUT2D eigenvalue weighted by atomic mass is 10.1. The Kier molecular flexibility index (Phi) is 4.54. The maximum atomic E-state index is 13.3. The zero-order chi connectivity index (χ0) is 18.8. The van der Waals surface area contributed by atoms with Crippen molar-refractivity contribution in [3.8, 4) is 11.1 Å². The van der Waals surface area contributed by atoms with Crippen molar-refractivity contribution in [2.45, 2.75) is 20.3 Å². The van der Waals surface area contributed by atoms with Crippen LogP contribution in [0, 0.1) is 19.7 Å². The lowest BCUT2D eigenvalue weighted by molar-refractivity contribution is 0.628. The Morgan fingerprint density at radius 2 is 1.89 bits per heavy atom. The van der Waals surface area contributed by atoms with E-state index in [0.29, 0.717) is 0 Å². The van der Waals surface area contributed by atoms with Crippen LogP contribution >= 0.6 is 0 Å². The minimum atomic E-state index is -0.256. The zero-order valence-corrected chi connectivity index (χ0v) is 15.3. The van der Waals surface area contributed by atoms with Crippen LogP contribution in [0.1, 0.15) is 17.1 Å². The van der Waals surface area contributed by atoms with Crippen LogP contribution in [0.25, 0.3) is 16.8 Å². The van der Waals surface area contributed by atoms with Crippen molar-refractivity contribution in [3.63, 3.8) is 0 Å². The highest BCUT2D eigenvalue weighted by molar-refractivity contribution is 5.80. The number of nitrogens with one attached hydrogen (secondary N) is 1. The topological polar surface area (TPSA) is 55.1 Å². The molecule has 0 radical (unpaired) electrons. The zero-order valence-electron chi connectivity index (χ0n) is 15.3. The standard InChI is InChI=1S/C21H20FN5/c1-14-13-19(24-12-10-18-5-3-4-11-23-18)27-21(25-14)20(15(2)26-27)16-6-8-17(22)9-7-16/h3-9,11,13,24H,10,12H2,1-2H3.